The number of aliphatic hydroxyl groups excluding tert-OH is 1. The normalized spacial score (nSPS) is 14.3. The Hall–Kier alpha value is -1.62. The van der Waals surface area contributed by atoms with Crippen molar-refractivity contribution in [1.29, 1.82) is 0 Å². The number of hydrogen-bond acceptors (Lipinski definition) is 4. The van der Waals surface area contributed by atoms with Gasteiger partial charge in [-0.25, -0.2) is 4.98 Å². The molecule has 1 heterocycles. The summed E-state index contributed by atoms with van der Waals surface area (Å²) < 4.78 is 0. The third-order valence-corrected chi connectivity index (χ3v) is 3.15. The van der Waals surface area contributed by atoms with E-state index in [2.05, 4.69) is 10.3 Å². The molecular formula is C14H21N3O2. The summed E-state index contributed by atoms with van der Waals surface area (Å²) in [7, 11) is 0. The summed E-state index contributed by atoms with van der Waals surface area (Å²) in [5, 5.41) is 12.2. The molecule has 0 aromatic carbocycles. The predicted octanol–water partition coefficient (Wildman–Crippen LogP) is 1.42. The third-order valence-electron chi connectivity index (χ3n) is 3.15. The second-order valence-corrected chi connectivity index (χ2v) is 4.87. The largest absolute Gasteiger partial charge is 0.395 e. The maximum atomic E-state index is 12.5. The van der Waals surface area contributed by atoms with Gasteiger partial charge < -0.3 is 15.3 Å². The van der Waals surface area contributed by atoms with Gasteiger partial charge in [-0.15, -0.1) is 0 Å². The molecular weight excluding hydrogens is 242 g/mol. The Morgan fingerprint density at radius 3 is 2.84 bits per heavy atom. The summed E-state index contributed by atoms with van der Waals surface area (Å²) >= 11 is 0. The minimum absolute atomic E-state index is 0.00632. The molecule has 2 N–H and O–H groups in total. The van der Waals surface area contributed by atoms with Crippen molar-refractivity contribution >= 4 is 11.7 Å². The van der Waals surface area contributed by atoms with Gasteiger partial charge in [0.2, 0.25) is 0 Å². The first kappa shape index (κ1) is 13.8. The average molecular weight is 263 g/mol. The lowest BCUT2D eigenvalue weighted by atomic mass is 10.2. The van der Waals surface area contributed by atoms with Crippen LogP contribution in [0.5, 0.6) is 0 Å². The zero-order chi connectivity index (χ0) is 13.8. The van der Waals surface area contributed by atoms with Gasteiger partial charge in [0.15, 0.2) is 0 Å². The molecule has 5 heteroatoms. The highest BCUT2D eigenvalue weighted by atomic mass is 16.3. The number of amides is 1. The highest BCUT2D eigenvalue weighted by molar-refractivity contribution is 5.95. The number of pyridine rings is 1. The van der Waals surface area contributed by atoms with Gasteiger partial charge in [0.1, 0.15) is 5.82 Å². The van der Waals surface area contributed by atoms with Crippen LogP contribution in [0, 0.1) is 6.92 Å². The summed E-state index contributed by atoms with van der Waals surface area (Å²) in [5.74, 6) is 0.715. The zero-order valence-electron chi connectivity index (χ0n) is 11.5. The molecule has 1 fully saturated rings. The molecule has 0 bridgehead atoms. The van der Waals surface area contributed by atoms with Gasteiger partial charge in [0, 0.05) is 30.4 Å². The van der Waals surface area contributed by atoms with E-state index < -0.39 is 0 Å². The number of aryl methyl sites for hydroxylation is 1. The number of rotatable bonds is 6. The van der Waals surface area contributed by atoms with E-state index in [0.717, 1.165) is 30.9 Å². The number of aromatic nitrogens is 1. The SMILES string of the molecule is CCNc1cc(C(=O)N(CCO)C2CC2)cc(C)n1. The Labute approximate surface area is 113 Å². The molecule has 1 aliphatic carbocycles. The first-order valence-corrected chi connectivity index (χ1v) is 6.80. The van der Waals surface area contributed by atoms with E-state index in [9.17, 15) is 4.79 Å². The van der Waals surface area contributed by atoms with Crippen LogP contribution in [0.2, 0.25) is 0 Å². The van der Waals surface area contributed by atoms with Gasteiger partial charge in [0.05, 0.1) is 6.61 Å². The number of aliphatic hydroxyl groups is 1. The quantitative estimate of drug-likeness (QED) is 0.814. The minimum atomic E-state index is -0.0128. The number of carbonyl (C=O) groups excluding carboxylic acids is 1. The standard InChI is InChI=1S/C14H21N3O2/c1-3-15-13-9-11(8-10(2)16-13)14(19)17(6-7-18)12-4-5-12/h8-9,12,18H,3-7H2,1-2H3,(H,15,16). The van der Waals surface area contributed by atoms with Crippen LogP contribution in [0.3, 0.4) is 0 Å². The van der Waals surface area contributed by atoms with Crippen LogP contribution in [-0.4, -0.2) is 46.6 Å². The second kappa shape index (κ2) is 6.02. The summed E-state index contributed by atoms with van der Waals surface area (Å²) in [5.41, 5.74) is 1.46. The molecule has 0 atom stereocenters. The lowest BCUT2D eigenvalue weighted by molar-refractivity contribution is 0.0707. The lowest BCUT2D eigenvalue weighted by Gasteiger charge is -2.21. The van der Waals surface area contributed by atoms with Crippen molar-refractivity contribution in [1.82, 2.24) is 9.88 Å². The Kier molecular flexibility index (Phi) is 4.37. The van der Waals surface area contributed by atoms with Crippen molar-refractivity contribution in [3.63, 3.8) is 0 Å². The Bertz CT molecular complexity index is 458. The van der Waals surface area contributed by atoms with E-state index in [1.54, 1.807) is 17.0 Å². The zero-order valence-corrected chi connectivity index (χ0v) is 11.5. The van der Waals surface area contributed by atoms with Gasteiger partial charge in [-0.05, 0) is 38.8 Å². The number of nitrogens with zero attached hydrogens (tertiary/aromatic N) is 2. The number of hydrogen-bond donors (Lipinski definition) is 2. The van der Waals surface area contributed by atoms with Gasteiger partial charge in [-0.1, -0.05) is 0 Å². The monoisotopic (exact) mass is 263 g/mol. The third kappa shape index (κ3) is 3.44. The molecule has 5 nitrogen and oxygen atoms in total. The van der Waals surface area contributed by atoms with E-state index in [0.29, 0.717) is 18.2 Å². The van der Waals surface area contributed by atoms with E-state index in [-0.39, 0.29) is 12.5 Å². The molecule has 1 aromatic heterocycles. The Morgan fingerprint density at radius 1 is 1.53 bits per heavy atom. The molecule has 104 valence electrons. The fourth-order valence-electron chi connectivity index (χ4n) is 2.17. The van der Waals surface area contributed by atoms with Crippen molar-refractivity contribution < 1.29 is 9.90 Å². The van der Waals surface area contributed by atoms with Crippen molar-refractivity contribution in [2.75, 3.05) is 25.0 Å². The summed E-state index contributed by atoms with van der Waals surface area (Å²) in [4.78, 5) is 18.6. The van der Waals surface area contributed by atoms with E-state index in [1.807, 2.05) is 13.8 Å². The van der Waals surface area contributed by atoms with Crippen molar-refractivity contribution in [3.05, 3.63) is 23.4 Å². The summed E-state index contributed by atoms with van der Waals surface area (Å²) in [6.07, 6.45) is 2.08. The van der Waals surface area contributed by atoms with E-state index in [4.69, 9.17) is 5.11 Å². The molecule has 0 aliphatic heterocycles. The predicted molar refractivity (Wildman–Crippen MR) is 74.3 cm³/mol. The first-order chi connectivity index (χ1) is 9.15. The topological polar surface area (TPSA) is 65.5 Å². The highest BCUT2D eigenvalue weighted by Crippen LogP contribution is 2.28. The lowest BCUT2D eigenvalue weighted by Crippen LogP contribution is -2.35. The van der Waals surface area contributed by atoms with Crippen LogP contribution < -0.4 is 5.32 Å². The smallest absolute Gasteiger partial charge is 0.254 e. The molecule has 0 saturated heterocycles. The molecule has 1 amide bonds. The maximum Gasteiger partial charge on any atom is 0.254 e. The van der Waals surface area contributed by atoms with E-state index in [1.165, 1.54) is 0 Å². The molecule has 1 saturated carbocycles. The van der Waals surface area contributed by atoms with Crippen LogP contribution in [-0.2, 0) is 0 Å². The number of carbonyl (C=O) groups is 1. The number of anilines is 1. The van der Waals surface area contributed by atoms with Gasteiger partial charge in [-0.2, -0.15) is 0 Å². The van der Waals surface area contributed by atoms with Crippen LogP contribution in [0.15, 0.2) is 12.1 Å². The van der Waals surface area contributed by atoms with Crippen LogP contribution in [0.4, 0.5) is 5.82 Å². The molecule has 2 rings (SSSR count). The Morgan fingerprint density at radius 2 is 2.26 bits per heavy atom. The van der Waals surface area contributed by atoms with Gasteiger partial charge in [-0.3, -0.25) is 4.79 Å². The molecule has 1 aromatic rings. The van der Waals surface area contributed by atoms with Gasteiger partial charge >= 0.3 is 0 Å². The van der Waals surface area contributed by atoms with Crippen molar-refractivity contribution in [3.8, 4) is 0 Å². The summed E-state index contributed by atoms with van der Waals surface area (Å²) in [6, 6.07) is 3.89. The van der Waals surface area contributed by atoms with Crippen molar-refractivity contribution in [2.24, 2.45) is 0 Å². The van der Waals surface area contributed by atoms with Crippen LogP contribution in [0.25, 0.3) is 0 Å². The first-order valence-electron chi connectivity index (χ1n) is 6.80. The number of nitrogens with one attached hydrogen (secondary N) is 1. The molecule has 0 spiro atoms. The minimum Gasteiger partial charge on any atom is -0.395 e. The van der Waals surface area contributed by atoms with Crippen LogP contribution in [0.1, 0.15) is 35.8 Å². The second-order valence-electron chi connectivity index (χ2n) is 4.87. The van der Waals surface area contributed by atoms with E-state index >= 15 is 0 Å². The highest BCUT2D eigenvalue weighted by Gasteiger charge is 2.32. The van der Waals surface area contributed by atoms with Crippen LogP contribution >= 0.6 is 0 Å². The fourth-order valence-corrected chi connectivity index (χ4v) is 2.17. The van der Waals surface area contributed by atoms with Gasteiger partial charge in [0.25, 0.3) is 5.91 Å². The average Bonchev–Trinajstić information content (AvgIpc) is 3.19. The molecule has 19 heavy (non-hydrogen) atoms. The Balaban J connectivity index is 2.21. The fraction of sp³-hybridized carbons (Fsp3) is 0.571. The molecule has 1 aliphatic rings. The maximum absolute atomic E-state index is 12.5. The molecule has 0 radical (unpaired) electrons. The summed E-state index contributed by atoms with van der Waals surface area (Å²) in [6.45, 7) is 5.06. The molecule has 0 unspecified atom stereocenters. The van der Waals surface area contributed by atoms with Crippen molar-refractivity contribution in [2.45, 2.75) is 32.7 Å².